The Hall–Kier alpha value is -2.14. The van der Waals surface area contributed by atoms with Gasteiger partial charge in [-0.3, -0.25) is 9.48 Å². The first kappa shape index (κ1) is 17.3. The van der Waals surface area contributed by atoms with E-state index in [-0.39, 0.29) is 5.91 Å². The van der Waals surface area contributed by atoms with E-state index in [1.165, 1.54) is 53.3 Å². The van der Waals surface area contributed by atoms with Gasteiger partial charge in [-0.25, -0.2) is 0 Å². The van der Waals surface area contributed by atoms with Crippen LogP contribution in [-0.2, 0) is 4.79 Å². The standard InChI is InChI=1S/C21H28N4O/c1-15-11-17(16-7-9-24(10-8-16)21(26)14-22-2)12-20-19(15)13-23-25(20)18-5-3-4-6-18/h7,11-13,18,22H,3-6,8-10,14H2,1-2H3. The zero-order chi connectivity index (χ0) is 18.1. The first-order chi connectivity index (χ1) is 12.7. The van der Waals surface area contributed by atoms with Crippen molar-refractivity contribution in [1.29, 1.82) is 0 Å². The van der Waals surface area contributed by atoms with E-state index in [1.54, 1.807) is 0 Å². The molecule has 1 aliphatic carbocycles. The van der Waals surface area contributed by atoms with Gasteiger partial charge in [0.25, 0.3) is 0 Å². The Labute approximate surface area is 155 Å². The predicted octanol–water partition coefficient (Wildman–Crippen LogP) is 3.29. The normalized spacial score (nSPS) is 18.5. The van der Waals surface area contributed by atoms with E-state index in [0.717, 1.165) is 13.0 Å². The van der Waals surface area contributed by atoms with Crippen molar-refractivity contribution in [3.05, 3.63) is 35.5 Å². The highest BCUT2D eigenvalue weighted by Gasteiger charge is 2.22. The number of fused-ring (bicyclic) bond motifs is 1. The lowest BCUT2D eigenvalue weighted by Crippen LogP contribution is -2.39. The molecule has 138 valence electrons. The van der Waals surface area contributed by atoms with Gasteiger partial charge in [-0.05, 0) is 56.0 Å². The Bertz CT molecular complexity index is 845. The van der Waals surface area contributed by atoms with E-state index in [4.69, 9.17) is 5.10 Å². The van der Waals surface area contributed by atoms with E-state index >= 15 is 0 Å². The summed E-state index contributed by atoms with van der Waals surface area (Å²) < 4.78 is 2.25. The third-order valence-corrected chi connectivity index (χ3v) is 5.85. The number of benzene rings is 1. The first-order valence-electron chi connectivity index (χ1n) is 9.77. The zero-order valence-corrected chi connectivity index (χ0v) is 15.8. The fourth-order valence-electron chi connectivity index (χ4n) is 4.37. The largest absolute Gasteiger partial charge is 0.338 e. The topological polar surface area (TPSA) is 50.2 Å². The Morgan fingerprint density at radius 2 is 2.12 bits per heavy atom. The number of amides is 1. The van der Waals surface area contributed by atoms with E-state index in [0.29, 0.717) is 19.1 Å². The summed E-state index contributed by atoms with van der Waals surface area (Å²) in [5.74, 6) is 0.175. The maximum Gasteiger partial charge on any atom is 0.236 e. The van der Waals surface area contributed by atoms with Crippen molar-refractivity contribution in [2.75, 3.05) is 26.7 Å². The van der Waals surface area contributed by atoms with Gasteiger partial charge in [-0.15, -0.1) is 0 Å². The van der Waals surface area contributed by atoms with Crippen LogP contribution in [0.3, 0.4) is 0 Å². The molecular weight excluding hydrogens is 324 g/mol. The number of nitrogens with one attached hydrogen (secondary N) is 1. The Morgan fingerprint density at radius 3 is 2.81 bits per heavy atom. The fraction of sp³-hybridized carbons (Fsp3) is 0.524. The molecule has 1 aromatic heterocycles. The number of rotatable bonds is 4. The van der Waals surface area contributed by atoms with Gasteiger partial charge in [0.2, 0.25) is 5.91 Å². The number of aryl methyl sites for hydroxylation is 1. The van der Waals surface area contributed by atoms with Gasteiger partial charge in [0.15, 0.2) is 0 Å². The Kier molecular flexibility index (Phi) is 4.81. The number of likely N-dealkylation sites (N-methyl/N-ethyl adjacent to an activating group) is 1. The second kappa shape index (κ2) is 7.23. The number of hydrogen-bond acceptors (Lipinski definition) is 3. The molecule has 0 spiro atoms. The molecule has 0 unspecified atom stereocenters. The molecule has 1 aromatic carbocycles. The average molecular weight is 352 g/mol. The molecule has 2 heterocycles. The zero-order valence-electron chi connectivity index (χ0n) is 15.8. The van der Waals surface area contributed by atoms with Crippen molar-refractivity contribution in [2.24, 2.45) is 0 Å². The maximum absolute atomic E-state index is 12.0. The van der Waals surface area contributed by atoms with Gasteiger partial charge in [0.1, 0.15) is 0 Å². The van der Waals surface area contributed by atoms with Crippen LogP contribution in [0.5, 0.6) is 0 Å². The maximum atomic E-state index is 12.0. The molecule has 2 aliphatic rings. The highest BCUT2D eigenvalue weighted by atomic mass is 16.2. The second-order valence-corrected chi connectivity index (χ2v) is 7.60. The Morgan fingerprint density at radius 1 is 1.31 bits per heavy atom. The average Bonchev–Trinajstić information content (AvgIpc) is 3.31. The number of carbonyl (C=O) groups is 1. The van der Waals surface area contributed by atoms with E-state index < -0.39 is 0 Å². The molecule has 2 aromatic rings. The molecule has 1 saturated carbocycles. The van der Waals surface area contributed by atoms with E-state index in [2.05, 4.69) is 35.1 Å². The lowest BCUT2D eigenvalue weighted by Gasteiger charge is -2.27. The minimum atomic E-state index is 0.175. The molecule has 1 fully saturated rings. The van der Waals surface area contributed by atoms with Gasteiger partial charge in [0, 0.05) is 18.5 Å². The van der Waals surface area contributed by atoms with Crippen LogP contribution in [0.15, 0.2) is 24.4 Å². The number of carbonyl (C=O) groups excluding carboxylic acids is 1. The van der Waals surface area contributed by atoms with Crippen molar-refractivity contribution in [2.45, 2.75) is 45.1 Å². The summed E-state index contributed by atoms with van der Waals surface area (Å²) in [4.78, 5) is 14.0. The summed E-state index contributed by atoms with van der Waals surface area (Å²) in [6.07, 6.45) is 10.3. The van der Waals surface area contributed by atoms with E-state index in [9.17, 15) is 4.79 Å². The van der Waals surface area contributed by atoms with Crippen LogP contribution in [0.2, 0.25) is 0 Å². The van der Waals surface area contributed by atoms with Crippen LogP contribution < -0.4 is 5.32 Å². The molecular formula is C21H28N4O. The smallest absolute Gasteiger partial charge is 0.236 e. The molecule has 1 aliphatic heterocycles. The molecule has 0 bridgehead atoms. The van der Waals surface area contributed by atoms with Gasteiger partial charge in [0.05, 0.1) is 24.3 Å². The molecule has 0 atom stereocenters. The molecule has 26 heavy (non-hydrogen) atoms. The van der Waals surface area contributed by atoms with Crippen LogP contribution in [0.1, 0.15) is 49.3 Å². The van der Waals surface area contributed by atoms with Gasteiger partial charge in [-0.1, -0.05) is 25.0 Å². The summed E-state index contributed by atoms with van der Waals surface area (Å²) in [5.41, 5.74) is 5.19. The summed E-state index contributed by atoms with van der Waals surface area (Å²) >= 11 is 0. The highest BCUT2D eigenvalue weighted by Crippen LogP contribution is 2.34. The monoisotopic (exact) mass is 352 g/mol. The fourth-order valence-corrected chi connectivity index (χ4v) is 4.37. The van der Waals surface area contributed by atoms with Crippen molar-refractivity contribution in [3.8, 4) is 0 Å². The molecule has 4 rings (SSSR count). The van der Waals surface area contributed by atoms with Gasteiger partial charge in [-0.2, -0.15) is 5.10 Å². The molecule has 0 saturated heterocycles. The number of nitrogens with zero attached hydrogens (tertiary/aromatic N) is 3. The van der Waals surface area contributed by atoms with Crippen LogP contribution >= 0.6 is 0 Å². The number of hydrogen-bond donors (Lipinski definition) is 1. The van der Waals surface area contributed by atoms with Crippen LogP contribution in [0, 0.1) is 6.92 Å². The summed E-state index contributed by atoms with van der Waals surface area (Å²) in [6, 6.07) is 5.14. The summed E-state index contributed by atoms with van der Waals surface area (Å²) in [7, 11) is 1.81. The van der Waals surface area contributed by atoms with Crippen LogP contribution in [0.4, 0.5) is 0 Å². The number of aromatic nitrogens is 2. The first-order valence-corrected chi connectivity index (χ1v) is 9.77. The lowest BCUT2D eigenvalue weighted by atomic mass is 9.96. The quantitative estimate of drug-likeness (QED) is 0.918. The lowest BCUT2D eigenvalue weighted by molar-refractivity contribution is -0.129. The predicted molar refractivity (Wildman–Crippen MR) is 105 cm³/mol. The minimum Gasteiger partial charge on any atom is -0.338 e. The second-order valence-electron chi connectivity index (χ2n) is 7.60. The van der Waals surface area contributed by atoms with Crippen molar-refractivity contribution < 1.29 is 4.79 Å². The van der Waals surface area contributed by atoms with Crippen molar-refractivity contribution >= 4 is 22.4 Å². The molecule has 5 heteroatoms. The summed E-state index contributed by atoms with van der Waals surface area (Å²) in [5, 5.41) is 8.93. The highest BCUT2D eigenvalue weighted by molar-refractivity contribution is 5.87. The van der Waals surface area contributed by atoms with E-state index in [1.807, 2.05) is 18.1 Å². The Balaban J connectivity index is 1.63. The molecule has 0 radical (unpaired) electrons. The molecule has 1 N–H and O–H groups in total. The van der Waals surface area contributed by atoms with Crippen LogP contribution in [-0.4, -0.2) is 47.3 Å². The molecule has 1 amide bonds. The summed E-state index contributed by atoms with van der Waals surface area (Å²) in [6.45, 7) is 4.09. The van der Waals surface area contributed by atoms with Crippen molar-refractivity contribution in [3.63, 3.8) is 0 Å². The SMILES string of the molecule is CNCC(=O)N1CC=C(c2cc(C)c3cnn(C4CCCC4)c3c2)CC1. The third kappa shape index (κ3) is 3.16. The van der Waals surface area contributed by atoms with Crippen LogP contribution in [0.25, 0.3) is 16.5 Å². The van der Waals surface area contributed by atoms with Crippen molar-refractivity contribution in [1.82, 2.24) is 20.0 Å². The third-order valence-electron chi connectivity index (χ3n) is 5.85. The minimum absolute atomic E-state index is 0.175. The van der Waals surface area contributed by atoms with Gasteiger partial charge < -0.3 is 10.2 Å². The molecule has 5 nitrogen and oxygen atoms in total. The van der Waals surface area contributed by atoms with Gasteiger partial charge >= 0.3 is 0 Å².